The summed E-state index contributed by atoms with van der Waals surface area (Å²) in [6.45, 7) is 1.12. The second-order valence-corrected chi connectivity index (χ2v) is 6.68. The van der Waals surface area contributed by atoms with Crippen LogP contribution in [0.2, 0.25) is 0 Å². The van der Waals surface area contributed by atoms with E-state index in [-0.39, 0.29) is 6.10 Å². The fraction of sp³-hybridized carbons (Fsp3) is 1.00. The van der Waals surface area contributed by atoms with Gasteiger partial charge in [-0.25, -0.2) is 4.39 Å². The van der Waals surface area contributed by atoms with Crippen molar-refractivity contribution >= 4 is 0 Å². The predicted octanol–water partition coefficient (Wildman–Crippen LogP) is 2.65. The number of fused-ring (bicyclic) bond motifs is 1. The lowest BCUT2D eigenvalue weighted by molar-refractivity contribution is -0.0208. The maximum Gasteiger partial charge on any atom is 0.100 e. The van der Waals surface area contributed by atoms with Gasteiger partial charge in [-0.1, -0.05) is 0 Å². The molecule has 2 N–H and O–H groups in total. The summed E-state index contributed by atoms with van der Waals surface area (Å²) in [6.07, 6.45) is 7.39. The number of halogens is 1. The molecule has 0 bridgehead atoms. The number of rotatable bonds is 1. The van der Waals surface area contributed by atoms with Gasteiger partial charge in [-0.15, -0.1) is 0 Å². The molecule has 0 aromatic rings. The van der Waals surface area contributed by atoms with Crippen molar-refractivity contribution in [2.45, 2.75) is 69.7 Å². The van der Waals surface area contributed by atoms with Crippen LogP contribution in [0.4, 0.5) is 4.39 Å². The molecule has 2 nitrogen and oxygen atoms in total. The van der Waals surface area contributed by atoms with E-state index in [0.717, 1.165) is 44.6 Å². The van der Waals surface area contributed by atoms with E-state index in [0.29, 0.717) is 17.9 Å². The van der Waals surface area contributed by atoms with Crippen LogP contribution in [-0.4, -0.2) is 30.0 Å². The minimum absolute atomic E-state index is 0.155. The highest BCUT2D eigenvalue weighted by atomic mass is 19.1. The van der Waals surface area contributed by atoms with Gasteiger partial charge in [0.2, 0.25) is 0 Å². The molecular formula is C15H26FNO. The molecule has 1 heterocycles. The Labute approximate surface area is 109 Å². The second kappa shape index (κ2) is 5.46. The molecule has 104 valence electrons. The SMILES string of the molecule is OC1CC2NCCCC2CC1C1CCC(F)CC1. The van der Waals surface area contributed by atoms with Crippen molar-refractivity contribution in [2.24, 2.45) is 17.8 Å². The van der Waals surface area contributed by atoms with E-state index in [1.54, 1.807) is 0 Å². The molecule has 3 aliphatic rings. The number of hydrogen-bond acceptors (Lipinski definition) is 2. The van der Waals surface area contributed by atoms with Crippen molar-refractivity contribution in [3.8, 4) is 0 Å². The van der Waals surface area contributed by atoms with Gasteiger partial charge in [0.05, 0.1) is 6.10 Å². The smallest absolute Gasteiger partial charge is 0.100 e. The highest BCUT2D eigenvalue weighted by Gasteiger charge is 2.41. The Balaban J connectivity index is 1.61. The first kappa shape index (κ1) is 12.9. The number of piperidine rings is 1. The van der Waals surface area contributed by atoms with Crippen molar-refractivity contribution in [1.29, 1.82) is 0 Å². The Morgan fingerprint density at radius 1 is 0.944 bits per heavy atom. The molecule has 3 fully saturated rings. The Bertz CT molecular complexity index is 278. The van der Waals surface area contributed by atoms with Crippen LogP contribution in [0.3, 0.4) is 0 Å². The molecule has 0 spiro atoms. The van der Waals surface area contributed by atoms with Gasteiger partial charge in [-0.3, -0.25) is 0 Å². The number of nitrogens with one attached hydrogen (secondary N) is 1. The highest BCUT2D eigenvalue weighted by molar-refractivity contribution is 4.94. The first-order chi connectivity index (χ1) is 8.74. The minimum atomic E-state index is -0.578. The third-order valence-corrected chi connectivity index (χ3v) is 5.60. The Morgan fingerprint density at radius 3 is 2.50 bits per heavy atom. The second-order valence-electron chi connectivity index (χ2n) is 6.68. The highest BCUT2D eigenvalue weighted by Crippen LogP contribution is 2.42. The molecule has 0 radical (unpaired) electrons. The van der Waals surface area contributed by atoms with Crippen LogP contribution in [0, 0.1) is 17.8 Å². The first-order valence-electron chi connectivity index (χ1n) is 7.79. The lowest BCUT2D eigenvalue weighted by atomic mass is 9.65. The van der Waals surface area contributed by atoms with Crippen molar-refractivity contribution in [3.05, 3.63) is 0 Å². The predicted molar refractivity (Wildman–Crippen MR) is 70.1 cm³/mol. The van der Waals surface area contributed by atoms with Gasteiger partial charge in [-0.2, -0.15) is 0 Å². The minimum Gasteiger partial charge on any atom is -0.393 e. The lowest BCUT2D eigenvalue weighted by Crippen LogP contribution is -2.51. The van der Waals surface area contributed by atoms with Gasteiger partial charge in [0.25, 0.3) is 0 Å². The number of alkyl halides is 1. The lowest BCUT2D eigenvalue weighted by Gasteiger charge is -2.46. The first-order valence-corrected chi connectivity index (χ1v) is 7.79. The fourth-order valence-electron chi connectivity index (χ4n) is 4.53. The summed E-state index contributed by atoms with van der Waals surface area (Å²) in [5, 5.41) is 14.0. The fourth-order valence-corrected chi connectivity index (χ4v) is 4.53. The van der Waals surface area contributed by atoms with E-state index in [1.807, 2.05) is 0 Å². The molecule has 2 saturated carbocycles. The summed E-state index contributed by atoms with van der Waals surface area (Å²) < 4.78 is 13.2. The maximum absolute atomic E-state index is 13.2. The summed E-state index contributed by atoms with van der Waals surface area (Å²) in [7, 11) is 0. The zero-order valence-corrected chi connectivity index (χ0v) is 11.2. The molecule has 0 amide bonds. The van der Waals surface area contributed by atoms with E-state index in [9.17, 15) is 9.50 Å². The van der Waals surface area contributed by atoms with E-state index in [2.05, 4.69) is 5.32 Å². The van der Waals surface area contributed by atoms with E-state index >= 15 is 0 Å². The number of aliphatic hydroxyl groups excluding tert-OH is 1. The van der Waals surface area contributed by atoms with Crippen LogP contribution in [0.25, 0.3) is 0 Å². The number of hydrogen-bond donors (Lipinski definition) is 2. The van der Waals surface area contributed by atoms with Crippen LogP contribution >= 0.6 is 0 Å². The monoisotopic (exact) mass is 255 g/mol. The van der Waals surface area contributed by atoms with E-state index < -0.39 is 6.17 Å². The normalized spacial score (nSPS) is 49.7. The molecule has 1 saturated heterocycles. The summed E-state index contributed by atoms with van der Waals surface area (Å²) in [4.78, 5) is 0. The van der Waals surface area contributed by atoms with Crippen molar-refractivity contribution in [1.82, 2.24) is 5.32 Å². The zero-order valence-electron chi connectivity index (χ0n) is 11.2. The van der Waals surface area contributed by atoms with Gasteiger partial charge in [0.1, 0.15) is 6.17 Å². The average Bonchev–Trinajstić information content (AvgIpc) is 2.39. The Morgan fingerprint density at radius 2 is 1.72 bits per heavy atom. The van der Waals surface area contributed by atoms with Gasteiger partial charge in [-0.05, 0) is 75.7 Å². The van der Waals surface area contributed by atoms with Crippen LogP contribution in [-0.2, 0) is 0 Å². The van der Waals surface area contributed by atoms with Gasteiger partial charge in [0.15, 0.2) is 0 Å². The van der Waals surface area contributed by atoms with Crippen LogP contribution < -0.4 is 5.32 Å². The molecule has 4 unspecified atom stereocenters. The molecule has 1 aliphatic heterocycles. The molecule has 4 atom stereocenters. The van der Waals surface area contributed by atoms with Crippen molar-refractivity contribution in [3.63, 3.8) is 0 Å². The van der Waals surface area contributed by atoms with E-state index in [4.69, 9.17) is 0 Å². The number of aliphatic hydroxyl groups is 1. The topological polar surface area (TPSA) is 32.3 Å². The third-order valence-electron chi connectivity index (χ3n) is 5.60. The Kier molecular flexibility index (Phi) is 3.90. The van der Waals surface area contributed by atoms with Gasteiger partial charge < -0.3 is 10.4 Å². The maximum atomic E-state index is 13.2. The molecule has 0 aromatic heterocycles. The summed E-state index contributed by atoms with van der Waals surface area (Å²) in [5.41, 5.74) is 0. The van der Waals surface area contributed by atoms with E-state index in [1.165, 1.54) is 19.3 Å². The van der Waals surface area contributed by atoms with Crippen LogP contribution in [0.5, 0.6) is 0 Å². The third kappa shape index (κ3) is 2.57. The van der Waals surface area contributed by atoms with Crippen molar-refractivity contribution in [2.75, 3.05) is 6.54 Å². The Hall–Kier alpha value is -0.150. The summed E-state index contributed by atoms with van der Waals surface area (Å²) in [6, 6.07) is 0.544. The van der Waals surface area contributed by atoms with Gasteiger partial charge >= 0.3 is 0 Å². The van der Waals surface area contributed by atoms with Crippen LogP contribution in [0.1, 0.15) is 51.4 Å². The molecule has 18 heavy (non-hydrogen) atoms. The average molecular weight is 255 g/mol. The van der Waals surface area contributed by atoms with Crippen LogP contribution in [0.15, 0.2) is 0 Å². The molecule has 0 aromatic carbocycles. The quantitative estimate of drug-likeness (QED) is 0.755. The molecule has 3 heteroatoms. The largest absolute Gasteiger partial charge is 0.393 e. The van der Waals surface area contributed by atoms with Gasteiger partial charge in [0, 0.05) is 6.04 Å². The summed E-state index contributed by atoms with van der Waals surface area (Å²) in [5.74, 6) is 1.78. The molecule has 2 aliphatic carbocycles. The molecule has 3 rings (SSSR count). The van der Waals surface area contributed by atoms with Crippen molar-refractivity contribution < 1.29 is 9.50 Å². The molecular weight excluding hydrogens is 229 g/mol. The summed E-state index contributed by atoms with van der Waals surface area (Å²) >= 11 is 0. The standard InChI is InChI=1S/C15H26FNO/c16-12-5-3-10(4-6-12)13-8-11-2-1-7-17-14(11)9-15(13)18/h10-15,17-18H,1-9H2. The zero-order chi connectivity index (χ0) is 12.5.